The van der Waals surface area contributed by atoms with Gasteiger partial charge in [-0.25, -0.2) is 4.79 Å². The number of aromatic hydroxyl groups is 1. The molecule has 1 heterocycles. The highest BCUT2D eigenvalue weighted by Gasteiger charge is 2.22. The van der Waals surface area contributed by atoms with Crippen molar-refractivity contribution in [2.24, 2.45) is 0 Å². The average molecular weight is 554 g/mol. The van der Waals surface area contributed by atoms with Gasteiger partial charge in [-0.3, -0.25) is 4.79 Å². The maximum absolute atomic E-state index is 13.6. The van der Waals surface area contributed by atoms with Crippen molar-refractivity contribution >= 4 is 17.1 Å². The van der Waals surface area contributed by atoms with Crippen LogP contribution < -0.4 is 14.9 Å². The van der Waals surface area contributed by atoms with Gasteiger partial charge in [0.1, 0.15) is 5.58 Å². The van der Waals surface area contributed by atoms with Crippen molar-refractivity contribution in [1.29, 1.82) is 0 Å². The highest BCUT2D eigenvalue weighted by molar-refractivity contribution is 5.84. The number of carbonyl (C=O) groups is 1. The van der Waals surface area contributed by atoms with Crippen LogP contribution in [0.5, 0.6) is 17.2 Å². The Hall–Kier alpha value is -3.52. The molecular weight excluding hydrogens is 510 g/mol. The molecule has 2 N–H and O–H groups in total. The third kappa shape index (κ3) is 8.74. The zero-order chi connectivity index (χ0) is 28.9. The molecule has 8 heteroatoms. The Morgan fingerprint density at radius 1 is 0.875 bits per heavy atom. The highest BCUT2D eigenvalue weighted by atomic mass is 16.6. The van der Waals surface area contributed by atoms with Crippen LogP contribution in [0.4, 0.5) is 4.79 Å². The van der Waals surface area contributed by atoms with Crippen molar-refractivity contribution in [2.45, 2.75) is 77.0 Å². The SMILES string of the molecule is COc1cc(-c2oc3ccc(CCCCCCCCCCCCCO)cc3c(=O)c2OC(=O)N(C)C)ccc1O. The zero-order valence-electron chi connectivity index (χ0n) is 24.0. The van der Waals surface area contributed by atoms with Crippen molar-refractivity contribution in [3.8, 4) is 28.6 Å². The number of aliphatic hydroxyl groups excluding tert-OH is 1. The molecule has 0 saturated heterocycles. The number of amides is 1. The fourth-order valence-electron chi connectivity index (χ4n) is 4.69. The number of rotatable bonds is 16. The van der Waals surface area contributed by atoms with Crippen LogP contribution in [-0.2, 0) is 6.42 Å². The van der Waals surface area contributed by atoms with Crippen LogP contribution >= 0.6 is 0 Å². The monoisotopic (exact) mass is 553 g/mol. The van der Waals surface area contributed by atoms with E-state index in [0.29, 0.717) is 23.1 Å². The van der Waals surface area contributed by atoms with Crippen LogP contribution in [0.1, 0.15) is 76.2 Å². The summed E-state index contributed by atoms with van der Waals surface area (Å²) in [6.45, 7) is 0.303. The van der Waals surface area contributed by atoms with E-state index in [9.17, 15) is 14.7 Å². The quantitative estimate of drug-likeness (QED) is 0.183. The number of carbonyl (C=O) groups excluding carboxylic acids is 1. The summed E-state index contributed by atoms with van der Waals surface area (Å²) in [5, 5.41) is 19.2. The molecule has 3 aromatic rings. The second kappa shape index (κ2) is 15.9. The Labute approximate surface area is 236 Å². The smallest absolute Gasteiger partial charge is 0.414 e. The molecule has 2 aromatic carbocycles. The molecule has 1 aromatic heterocycles. The maximum atomic E-state index is 13.6. The van der Waals surface area contributed by atoms with E-state index >= 15 is 0 Å². The van der Waals surface area contributed by atoms with Gasteiger partial charge in [-0.1, -0.05) is 63.9 Å². The standard InChI is InChI=1S/C32H43NO7/c1-33(2)32(37)40-31-29(36)25-21-23(15-13-11-9-7-5-4-6-8-10-12-14-20-34)16-19-27(25)39-30(31)24-17-18-26(35)28(22-24)38-3/h16-19,21-22,34-35H,4-15,20H2,1-3H3. The maximum Gasteiger partial charge on any atom is 0.414 e. The number of phenolic OH excluding ortho intramolecular Hbond substituents is 1. The van der Waals surface area contributed by atoms with Gasteiger partial charge >= 0.3 is 6.09 Å². The van der Waals surface area contributed by atoms with Gasteiger partial charge in [-0.2, -0.15) is 0 Å². The number of ether oxygens (including phenoxy) is 2. The van der Waals surface area contributed by atoms with E-state index in [2.05, 4.69) is 0 Å². The van der Waals surface area contributed by atoms with Crippen LogP contribution in [0, 0.1) is 0 Å². The lowest BCUT2D eigenvalue weighted by Gasteiger charge is -2.14. The Morgan fingerprint density at radius 3 is 2.10 bits per heavy atom. The molecule has 0 unspecified atom stereocenters. The van der Waals surface area contributed by atoms with Gasteiger partial charge in [0, 0.05) is 26.3 Å². The van der Waals surface area contributed by atoms with Crippen LogP contribution in [-0.4, -0.2) is 49.0 Å². The van der Waals surface area contributed by atoms with Gasteiger partial charge in [0.15, 0.2) is 17.3 Å². The first kappa shape index (κ1) is 31.0. The molecule has 8 nitrogen and oxygen atoms in total. The van der Waals surface area contributed by atoms with E-state index in [4.69, 9.17) is 19.0 Å². The first-order valence-electron chi connectivity index (χ1n) is 14.3. The van der Waals surface area contributed by atoms with Crippen LogP contribution in [0.25, 0.3) is 22.3 Å². The first-order chi connectivity index (χ1) is 19.3. The number of unbranched alkanes of at least 4 members (excludes halogenated alkanes) is 10. The fraction of sp³-hybridized carbons (Fsp3) is 0.500. The van der Waals surface area contributed by atoms with E-state index in [-0.39, 0.29) is 23.0 Å². The minimum atomic E-state index is -0.698. The van der Waals surface area contributed by atoms with Crippen molar-refractivity contribution in [3.63, 3.8) is 0 Å². The molecule has 0 aliphatic rings. The summed E-state index contributed by atoms with van der Waals surface area (Å²) >= 11 is 0. The second-order valence-corrected chi connectivity index (χ2v) is 10.4. The summed E-state index contributed by atoms with van der Waals surface area (Å²) in [6, 6.07) is 10.1. The van der Waals surface area contributed by atoms with E-state index in [1.54, 1.807) is 12.1 Å². The van der Waals surface area contributed by atoms with Gasteiger partial charge < -0.3 is 29.0 Å². The van der Waals surface area contributed by atoms with Crippen molar-refractivity contribution in [2.75, 3.05) is 27.8 Å². The number of aliphatic hydroxyl groups is 1. The summed E-state index contributed by atoms with van der Waals surface area (Å²) in [6.07, 6.45) is 13.1. The zero-order valence-corrected chi connectivity index (χ0v) is 24.0. The van der Waals surface area contributed by atoms with Gasteiger partial charge in [0.2, 0.25) is 11.2 Å². The average Bonchev–Trinajstić information content (AvgIpc) is 2.95. The molecule has 0 aliphatic heterocycles. The molecule has 218 valence electrons. The molecule has 0 radical (unpaired) electrons. The molecule has 0 bridgehead atoms. The second-order valence-electron chi connectivity index (χ2n) is 10.4. The minimum absolute atomic E-state index is 0.0591. The summed E-state index contributed by atoms with van der Waals surface area (Å²) in [5.74, 6) is 0.0271. The predicted molar refractivity (Wildman–Crippen MR) is 157 cm³/mol. The van der Waals surface area contributed by atoms with Gasteiger partial charge in [0.25, 0.3) is 0 Å². The van der Waals surface area contributed by atoms with Gasteiger partial charge in [0.05, 0.1) is 12.5 Å². The van der Waals surface area contributed by atoms with Crippen molar-refractivity contribution in [3.05, 3.63) is 52.2 Å². The molecule has 0 saturated carbocycles. The Bertz CT molecular complexity index is 1300. The summed E-state index contributed by atoms with van der Waals surface area (Å²) < 4.78 is 16.8. The van der Waals surface area contributed by atoms with E-state index in [1.165, 1.54) is 83.2 Å². The summed E-state index contributed by atoms with van der Waals surface area (Å²) in [4.78, 5) is 27.2. The third-order valence-corrected chi connectivity index (χ3v) is 7.03. The van der Waals surface area contributed by atoms with Crippen molar-refractivity contribution in [1.82, 2.24) is 4.90 Å². The largest absolute Gasteiger partial charge is 0.504 e. The number of hydrogen-bond acceptors (Lipinski definition) is 7. The van der Waals surface area contributed by atoms with Crippen LogP contribution in [0.2, 0.25) is 0 Å². The minimum Gasteiger partial charge on any atom is -0.504 e. The number of hydrogen-bond donors (Lipinski definition) is 2. The molecule has 0 atom stereocenters. The number of nitrogens with zero attached hydrogens (tertiary/aromatic N) is 1. The lowest BCUT2D eigenvalue weighted by atomic mass is 10.0. The topological polar surface area (TPSA) is 109 Å². The molecule has 3 rings (SSSR count). The molecule has 0 spiro atoms. The number of fused-ring (bicyclic) bond motifs is 1. The summed E-state index contributed by atoms with van der Waals surface area (Å²) in [5.41, 5.74) is 1.42. The van der Waals surface area contributed by atoms with E-state index in [0.717, 1.165) is 37.7 Å². The molecular formula is C32H43NO7. The third-order valence-electron chi connectivity index (χ3n) is 7.03. The number of aryl methyl sites for hydroxylation is 1. The van der Waals surface area contributed by atoms with Gasteiger partial charge in [-0.05, 0) is 55.2 Å². The Morgan fingerprint density at radius 2 is 1.50 bits per heavy atom. The van der Waals surface area contributed by atoms with Crippen LogP contribution in [0.15, 0.2) is 45.6 Å². The van der Waals surface area contributed by atoms with Crippen molar-refractivity contribution < 1.29 is 28.9 Å². The molecule has 0 aliphatic carbocycles. The van der Waals surface area contributed by atoms with E-state index < -0.39 is 11.5 Å². The Kier molecular flexibility index (Phi) is 12.3. The normalized spacial score (nSPS) is 11.1. The molecule has 1 amide bonds. The van der Waals surface area contributed by atoms with Gasteiger partial charge in [-0.15, -0.1) is 0 Å². The highest BCUT2D eigenvalue weighted by Crippen LogP contribution is 2.36. The van der Waals surface area contributed by atoms with E-state index in [1.807, 2.05) is 12.1 Å². The lowest BCUT2D eigenvalue weighted by molar-refractivity contribution is 0.171. The lowest BCUT2D eigenvalue weighted by Crippen LogP contribution is -2.27. The fourth-order valence-corrected chi connectivity index (χ4v) is 4.69. The molecule has 40 heavy (non-hydrogen) atoms. The number of phenols is 1. The Balaban J connectivity index is 1.67. The van der Waals surface area contributed by atoms with Crippen LogP contribution in [0.3, 0.4) is 0 Å². The first-order valence-corrected chi connectivity index (χ1v) is 14.3. The molecule has 0 fully saturated rings. The predicted octanol–water partition coefficient (Wildman–Crippen LogP) is 7.06. The number of methoxy groups -OCH3 is 1. The summed E-state index contributed by atoms with van der Waals surface area (Å²) in [7, 11) is 4.49. The number of benzene rings is 2.